The second-order valence-corrected chi connectivity index (χ2v) is 14.0. The van der Waals surface area contributed by atoms with E-state index in [-0.39, 0.29) is 45.3 Å². The van der Waals surface area contributed by atoms with E-state index in [2.05, 4.69) is 11.5 Å². The zero-order valence-electron chi connectivity index (χ0n) is 38.5. The second-order valence-electron chi connectivity index (χ2n) is 14.0. The van der Waals surface area contributed by atoms with Gasteiger partial charge in [0.05, 0.1) is 56.4 Å². The Morgan fingerprint density at radius 2 is 0.486 bits per heavy atom. The van der Waals surface area contributed by atoms with E-state index < -0.39 is 23.9 Å². The summed E-state index contributed by atoms with van der Waals surface area (Å²) < 4.78 is 0. The summed E-state index contributed by atoms with van der Waals surface area (Å²) in [6.07, 6.45) is 0. The molecule has 24 N–H and O–H groups in total. The van der Waals surface area contributed by atoms with Gasteiger partial charge >= 0.3 is 23.9 Å². The van der Waals surface area contributed by atoms with Gasteiger partial charge in [-0.05, 0) is 109 Å². The summed E-state index contributed by atoms with van der Waals surface area (Å²) in [7, 11) is 0. The molecule has 0 radical (unpaired) electrons. The van der Waals surface area contributed by atoms with Crippen LogP contribution in [0.15, 0.2) is 194 Å². The van der Waals surface area contributed by atoms with Crippen LogP contribution in [0.25, 0.3) is 0 Å². The van der Waals surface area contributed by atoms with Gasteiger partial charge in [0.2, 0.25) is 0 Å². The Labute approximate surface area is 413 Å². The lowest BCUT2D eigenvalue weighted by Crippen LogP contribution is -2.40. The largest absolute Gasteiger partial charge is 0.872 e. The third-order valence-electron chi connectivity index (χ3n) is 8.53. The lowest BCUT2D eigenvalue weighted by atomic mass is 10.2. The van der Waals surface area contributed by atoms with E-state index >= 15 is 0 Å². The predicted octanol–water partition coefficient (Wildman–Crippen LogP) is 5.08. The molecule has 8 rings (SSSR count). The van der Waals surface area contributed by atoms with Crippen molar-refractivity contribution in [3.05, 3.63) is 216 Å². The maximum Gasteiger partial charge on any atom is 0.335 e. The fourth-order valence-corrected chi connectivity index (χ4v) is 4.49. The molecular formula is C52H56N8O12. The minimum atomic E-state index is -1.01. The van der Waals surface area contributed by atoms with Gasteiger partial charge in [-0.2, -0.15) is 0 Å². The summed E-state index contributed by atoms with van der Waals surface area (Å²) >= 11 is 0. The Kier molecular flexibility index (Phi) is 26.7. The number of anilines is 6. The summed E-state index contributed by atoms with van der Waals surface area (Å²) in [6, 6.07) is 50.3. The van der Waals surface area contributed by atoms with Crippen LogP contribution in [0, 0.1) is 0 Å². The molecule has 20 nitrogen and oxygen atoms in total. The molecule has 0 bridgehead atoms. The van der Waals surface area contributed by atoms with Crippen molar-refractivity contribution < 1.29 is 71.5 Å². The molecule has 376 valence electrons. The van der Waals surface area contributed by atoms with Crippen molar-refractivity contribution in [3.63, 3.8) is 0 Å². The summed E-state index contributed by atoms with van der Waals surface area (Å²) in [5.41, 5.74) is 46.4. The number of hydrogen-bond acceptors (Lipinski definition) is 14. The van der Waals surface area contributed by atoms with Crippen molar-refractivity contribution >= 4 is 69.4 Å². The van der Waals surface area contributed by atoms with Crippen molar-refractivity contribution in [2.24, 2.45) is 0 Å². The fourth-order valence-electron chi connectivity index (χ4n) is 4.49. The Bertz CT molecular complexity index is 2410. The third-order valence-corrected chi connectivity index (χ3v) is 8.53. The van der Waals surface area contributed by atoms with Crippen molar-refractivity contribution in [1.29, 1.82) is 0 Å². The number of carboxylic acid groups (broad SMARTS) is 4. The number of aromatic hydroxyl groups is 2. The van der Waals surface area contributed by atoms with Gasteiger partial charge < -0.3 is 86.7 Å². The van der Waals surface area contributed by atoms with Gasteiger partial charge in [-0.25, -0.2) is 19.2 Å². The van der Waals surface area contributed by atoms with Crippen LogP contribution in [0.2, 0.25) is 0 Å². The van der Waals surface area contributed by atoms with Crippen LogP contribution in [0.5, 0.6) is 23.0 Å². The molecule has 0 saturated carbocycles. The van der Waals surface area contributed by atoms with Gasteiger partial charge in [0.25, 0.3) is 0 Å². The summed E-state index contributed by atoms with van der Waals surface area (Å²) in [6.45, 7) is 0. The van der Waals surface area contributed by atoms with E-state index in [0.29, 0.717) is 22.7 Å². The second kappa shape index (κ2) is 32.3. The molecule has 0 atom stereocenters. The lowest BCUT2D eigenvalue weighted by molar-refractivity contribution is -0.269. The predicted molar refractivity (Wildman–Crippen MR) is 273 cm³/mol. The molecule has 0 aliphatic carbocycles. The number of aromatic carboxylic acids is 4. The van der Waals surface area contributed by atoms with Crippen LogP contribution >= 0.6 is 0 Å². The monoisotopic (exact) mass is 984 g/mol. The van der Waals surface area contributed by atoms with Crippen LogP contribution in [0.1, 0.15) is 41.4 Å². The zero-order chi connectivity index (χ0) is 54.2. The molecule has 0 fully saturated rings. The van der Waals surface area contributed by atoms with Crippen LogP contribution < -0.4 is 56.1 Å². The highest BCUT2D eigenvalue weighted by Gasteiger charge is 2.01. The van der Waals surface area contributed by atoms with Crippen LogP contribution in [-0.4, -0.2) is 54.5 Å². The molecular weight excluding hydrogens is 929 g/mol. The molecule has 8 aromatic carbocycles. The highest BCUT2D eigenvalue weighted by atomic mass is 16.4. The lowest BCUT2D eigenvalue weighted by Gasteiger charge is -2.02. The maximum atomic E-state index is 10.5. The van der Waals surface area contributed by atoms with E-state index in [1.807, 2.05) is 72.8 Å². The number of benzene rings is 8. The number of nitrogens with two attached hydrogens (primary N) is 6. The minimum Gasteiger partial charge on any atom is -0.872 e. The Morgan fingerprint density at radius 3 is 0.639 bits per heavy atom. The first kappa shape index (κ1) is 59.6. The van der Waals surface area contributed by atoms with E-state index in [1.54, 1.807) is 24.3 Å². The highest BCUT2D eigenvalue weighted by molar-refractivity contribution is 5.89. The Balaban J connectivity index is 0.000000412. The van der Waals surface area contributed by atoms with E-state index in [0.717, 1.165) is 22.7 Å². The average Bonchev–Trinajstić information content (AvgIpc) is 3.35. The summed E-state index contributed by atoms with van der Waals surface area (Å²) in [5, 5.41) is 71.9. The van der Waals surface area contributed by atoms with Crippen molar-refractivity contribution in [1.82, 2.24) is 0 Å². The standard InChI is InChI=1S/4C7H6O3.4C6H8N2/c4*8-6-3-1-5(2-4-6)7(9)10;4*7-5-3-1-2-4-6(5)8/h4*1-4,8H,(H,9,10);4*1-4H,7-8H2. The van der Waals surface area contributed by atoms with Gasteiger partial charge in [0.1, 0.15) is 11.5 Å². The normalized spacial score (nSPS) is 9.14. The van der Waals surface area contributed by atoms with Gasteiger partial charge in [-0.1, -0.05) is 72.8 Å². The maximum absolute atomic E-state index is 10.5. The number of quaternary nitrogens is 2. The zero-order valence-corrected chi connectivity index (χ0v) is 38.5. The number of hydrogen-bond donors (Lipinski definition) is 14. The van der Waals surface area contributed by atoms with Gasteiger partial charge in [0, 0.05) is 12.1 Å². The summed E-state index contributed by atoms with van der Waals surface area (Å²) in [4.78, 5) is 40.9. The molecule has 0 spiro atoms. The number of carboxylic acids is 4. The fraction of sp³-hybridized carbons (Fsp3) is 0. The number of phenolic OH excluding ortho intramolecular Hbond substituents is 2. The topological polar surface area (TPSA) is 447 Å². The Morgan fingerprint density at radius 1 is 0.306 bits per heavy atom. The number of rotatable bonds is 4. The first-order chi connectivity index (χ1) is 34.0. The molecule has 0 amide bonds. The number of phenols is 2. The van der Waals surface area contributed by atoms with E-state index in [1.165, 1.54) is 97.1 Å². The molecule has 0 aromatic heterocycles. The molecule has 72 heavy (non-hydrogen) atoms. The number of para-hydroxylation sites is 6. The van der Waals surface area contributed by atoms with Gasteiger partial charge in [-0.3, -0.25) is 0 Å². The molecule has 0 aliphatic rings. The SMILES string of the molecule is Nc1ccccc1N.Nc1ccccc1N.Nc1ccccc1[NH3+].Nc1ccccc1[NH3+].O=C(O)c1ccc(O)cc1.O=C(O)c1ccc(O)cc1.O=C(O)c1ccc([O-])cc1.O=C(O)c1ccc([O-])cc1. The summed E-state index contributed by atoms with van der Waals surface area (Å²) in [5.74, 6) is -4.20. The smallest absolute Gasteiger partial charge is 0.335 e. The number of carbonyl (C=O) groups is 4. The highest BCUT2D eigenvalue weighted by Crippen LogP contribution is 2.13. The van der Waals surface area contributed by atoms with E-state index in [4.69, 9.17) is 65.0 Å². The minimum absolute atomic E-state index is 0.0741. The van der Waals surface area contributed by atoms with Crippen molar-refractivity contribution in [2.75, 3.05) is 34.4 Å². The quantitative estimate of drug-likeness (QED) is 0.102. The third kappa shape index (κ3) is 25.5. The molecule has 0 unspecified atom stereocenters. The van der Waals surface area contributed by atoms with E-state index in [9.17, 15) is 29.4 Å². The average molecular weight is 985 g/mol. The van der Waals surface area contributed by atoms with Gasteiger partial charge in [0.15, 0.2) is 11.4 Å². The Hall–Kier alpha value is -10.4. The molecule has 0 saturated heterocycles. The van der Waals surface area contributed by atoms with Crippen molar-refractivity contribution in [2.45, 2.75) is 0 Å². The number of nitrogen functional groups attached to an aromatic ring is 6. The van der Waals surface area contributed by atoms with Gasteiger partial charge in [-0.15, -0.1) is 11.5 Å². The van der Waals surface area contributed by atoms with Crippen LogP contribution in [0.4, 0.5) is 45.5 Å². The van der Waals surface area contributed by atoms with Crippen LogP contribution in [-0.2, 0) is 0 Å². The van der Waals surface area contributed by atoms with Crippen LogP contribution in [0.3, 0.4) is 0 Å². The van der Waals surface area contributed by atoms with Crippen molar-refractivity contribution in [3.8, 4) is 23.0 Å². The molecule has 20 heteroatoms. The first-order valence-electron chi connectivity index (χ1n) is 20.6. The molecule has 0 heterocycles. The molecule has 0 aliphatic heterocycles. The first-order valence-corrected chi connectivity index (χ1v) is 20.6. The molecule has 8 aromatic rings.